The highest BCUT2D eigenvalue weighted by molar-refractivity contribution is 5.87. The number of fused-ring (bicyclic) bond motifs is 1. The number of hydrogen-bond acceptors (Lipinski definition) is 6. The van der Waals surface area contributed by atoms with E-state index in [1.807, 2.05) is 35.9 Å². The van der Waals surface area contributed by atoms with E-state index in [1.165, 1.54) is 0 Å². The molecular weight excluding hydrogens is 430 g/mol. The Labute approximate surface area is 197 Å². The second-order valence-electron chi connectivity index (χ2n) is 8.07. The fourth-order valence-corrected chi connectivity index (χ4v) is 4.15. The van der Waals surface area contributed by atoms with Gasteiger partial charge in [-0.05, 0) is 80.9 Å². The number of nitrogen functional groups attached to an aromatic ring is 1. The van der Waals surface area contributed by atoms with E-state index in [4.69, 9.17) is 10.5 Å². The smallest absolute Gasteiger partial charge is 0.334 e. The Balaban J connectivity index is 1.75. The number of rotatable bonds is 10. The number of allylic oxidation sites excluding steroid dienone is 1. The van der Waals surface area contributed by atoms with Crippen molar-refractivity contribution < 1.29 is 9.84 Å². The number of aromatic nitrogens is 3. The number of benzene rings is 2. The van der Waals surface area contributed by atoms with Crippen LogP contribution >= 0.6 is 0 Å². The van der Waals surface area contributed by atoms with Gasteiger partial charge in [-0.3, -0.25) is 9.13 Å². The number of nitrogens with two attached hydrogens (primary N) is 1. The minimum Gasteiger partial charge on any atom is -0.508 e. The molecule has 1 unspecified atom stereocenters. The molecule has 0 bridgehead atoms. The molecule has 1 atom stereocenters. The predicted molar refractivity (Wildman–Crippen MR) is 135 cm³/mol. The molecule has 4 rings (SSSR count). The Hall–Kier alpha value is -4.04. The average Bonchev–Trinajstić information content (AvgIpc) is 3.14. The molecule has 0 fully saturated rings. The molecule has 2 heterocycles. The summed E-state index contributed by atoms with van der Waals surface area (Å²) in [6, 6.07) is 15.5. The number of nitrogens with one attached hydrogen (secondary N) is 1. The number of likely N-dealkylation sites (N-methyl/N-ethyl adjacent to an activating group) is 1. The molecule has 2 aromatic carbocycles. The molecular formula is C26H29N5O3. The Kier molecular flexibility index (Phi) is 6.98. The van der Waals surface area contributed by atoms with E-state index >= 15 is 0 Å². The summed E-state index contributed by atoms with van der Waals surface area (Å²) in [5, 5.41) is 12.7. The lowest BCUT2D eigenvalue weighted by atomic mass is 10.1. The molecule has 0 aliphatic rings. The number of phenolic OH excluding ortho intramolecular Hbond substituents is 1. The van der Waals surface area contributed by atoms with E-state index < -0.39 is 0 Å². The van der Waals surface area contributed by atoms with Crippen LogP contribution in [0.1, 0.15) is 25.3 Å². The summed E-state index contributed by atoms with van der Waals surface area (Å²) in [7, 11) is 1.88. The van der Waals surface area contributed by atoms with Crippen LogP contribution in [0.5, 0.6) is 17.2 Å². The average molecular weight is 460 g/mol. The molecule has 4 N–H and O–H groups in total. The van der Waals surface area contributed by atoms with E-state index in [0.717, 1.165) is 24.8 Å². The topological polar surface area (TPSA) is 107 Å². The van der Waals surface area contributed by atoms with Crippen molar-refractivity contribution in [2.75, 3.05) is 19.3 Å². The van der Waals surface area contributed by atoms with Crippen LogP contribution in [0.3, 0.4) is 0 Å². The van der Waals surface area contributed by atoms with Gasteiger partial charge < -0.3 is 20.9 Å². The fraction of sp³-hybridized carbons (Fsp3) is 0.231. The van der Waals surface area contributed by atoms with Crippen LogP contribution in [0, 0.1) is 0 Å². The maximum absolute atomic E-state index is 13.7. The van der Waals surface area contributed by atoms with Gasteiger partial charge in [0.1, 0.15) is 28.6 Å². The minimum absolute atomic E-state index is 0.0416. The van der Waals surface area contributed by atoms with Gasteiger partial charge in [-0.15, -0.1) is 6.58 Å². The molecule has 0 spiro atoms. The summed E-state index contributed by atoms with van der Waals surface area (Å²) in [5.74, 6) is 1.68. The van der Waals surface area contributed by atoms with E-state index in [1.54, 1.807) is 47.2 Å². The monoisotopic (exact) mass is 459 g/mol. The lowest BCUT2D eigenvalue weighted by Crippen LogP contribution is -2.32. The molecule has 0 aliphatic carbocycles. The highest BCUT2D eigenvalue weighted by Gasteiger charge is 2.22. The van der Waals surface area contributed by atoms with Gasteiger partial charge in [0.15, 0.2) is 0 Å². The first-order valence-corrected chi connectivity index (χ1v) is 11.2. The number of pyridine rings is 1. The summed E-state index contributed by atoms with van der Waals surface area (Å²) in [6.07, 6.45) is 6.17. The third kappa shape index (κ3) is 4.67. The SMILES string of the molecule is C=CCCCC(CNC)n1c(=O)n(-c2ccc(Oc3ccc(O)cc3)cc2)c2c(N)nccc21. The molecule has 2 aromatic heterocycles. The third-order valence-electron chi connectivity index (χ3n) is 5.73. The standard InChI is InChI=1S/C26H29N5O3/c1-3-4-5-6-19(17-28-2)30-23-15-16-29-25(27)24(23)31(26(30)33)18-7-11-21(12-8-18)34-22-13-9-20(32)10-14-22/h3,7-16,19,28,32H,1,4-6,17H2,2H3,(H2,27,29). The molecule has 34 heavy (non-hydrogen) atoms. The highest BCUT2D eigenvalue weighted by atomic mass is 16.5. The van der Waals surface area contributed by atoms with Crippen LogP contribution in [0.25, 0.3) is 16.7 Å². The zero-order valence-electron chi connectivity index (χ0n) is 19.1. The van der Waals surface area contributed by atoms with E-state index in [2.05, 4.69) is 16.9 Å². The van der Waals surface area contributed by atoms with Gasteiger partial charge in [0.05, 0.1) is 17.2 Å². The highest BCUT2D eigenvalue weighted by Crippen LogP contribution is 2.28. The van der Waals surface area contributed by atoms with Crippen molar-refractivity contribution in [3.63, 3.8) is 0 Å². The zero-order valence-corrected chi connectivity index (χ0v) is 19.1. The van der Waals surface area contributed by atoms with Gasteiger partial charge in [0.2, 0.25) is 0 Å². The van der Waals surface area contributed by atoms with E-state index in [-0.39, 0.29) is 17.5 Å². The van der Waals surface area contributed by atoms with Crippen LogP contribution < -0.4 is 21.5 Å². The zero-order chi connectivity index (χ0) is 24.1. The lowest BCUT2D eigenvalue weighted by Gasteiger charge is -2.18. The third-order valence-corrected chi connectivity index (χ3v) is 5.73. The molecule has 0 saturated carbocycles. The Morgan fingerprint density at radius 2 is 1.82 bits per heavy atom. The quantitative estimate of drug-likeness (QED) is 0.240. The van der Waals surface area contributed by atoms with Crippen molar-refractivity contribution in [2.45, 2.75) is 25.3 Å². The van der Waals surface area contributed by atoms with Crippen LogP contribution in [0.15, 0.2) is 78.2 Å². The molecule has 0 aliphatic heterocycles. The number of aromatic hydroxyl groups is 1. The van der Waals surface area contributed by atoms with Crippen molar-refractivity contribution in [2.24, 2.45) is 0 Å². The van der Waals surface area contributed by atoms with Crippen LogP contribution in [0.4, 0.5) is 5.82 Å². The van der Waals surface area contributed by atoms with Crippen LogP contribution in [-0.2, 0) is 0 Å². The number of ether oxygens (including phenoxy) is 1. The van der Waals surface area contributed by atoms with Gasteiger partial charge in [-0.1, -0.05) is 6.08 Å². The van der Waals surface area contributed by atoms with Gasteiger partial charge >= 0.3 is 5.69 Å². The number of hydrogen-bond donors (Lipinski definition) is 3. The summed E-state index contributed by atoms with van der Waals surface area (Å²) in [6.45, 7) is 4.45. The van der Waals surface area contributed by atoms with Crippen molar-refractivity contribution in [3.8, 4) is 22.9 Å². The number of nitrogens with zero attached hydrogens (tertiary/aromatic N) is 3. The fourth-order valence-electron chi connectivity index (χ4n) is 4.15. The first kappa shape index (κ1) is 23.1. The molecule has 0 amide bonds. The maximum atomic E-state index is 13.7. The number of imidazole rings is 1. The van der Waals surface area contributed by atoms with E-state index in [9.17, 15) is 9.90 Å². The summed E-state index contributed by atoms with van der Waals surface area (Å²) in [4.78, 5) is 18.0. The van der Waals surface area contributed by atoms with Crippen LogP contribution in [-0.4, -0.2) is 32.8 Å². The first-order valence-electron chi connectivity index (χ1n) is 11.2. The van der Waals surface area contributed by atoms with Gasteiger partial charge in [0.25, 0.3) is 0 Å². The lowest BCUT2D eigenvalue weighted by molar-refractivity contribution is 0.434. The van der Waals surface area contributed by atoms with Gasteiger partial charge in [-0.25, -0.2) is 9.78 Å². The van der Waals surface area contributed by atoms with Gasteiger partial charge in [0, 0.05) is 12.7 Å². The molecule has 176 valence electrons. The first-order chi connectivity index (χ1) is 16.5. The normalized spacial score (nSPS) is 12.0. The largest absolute Gasteiger partial charge is 0.508 e. The van der Waals surface area contributed by atoms with Crippen molar-refractivity contribution in [1.29, 1.82) is 0 Å². The number of phenols is 1. The molecule has 0 radical (unpaired) electrons. The second kappa shape index (κ2) is 10.3. The van der Waals surface area contributed by atoms with Crippen LogP contribution in [0.2, 0.25) is 0 Å². The molecule has 8 heteroatoms. The van der Waals surface area contributed by atoms with Crippen molar-refractivity contribution in [3.05, 3.63) is 83.9 Å². The maximum Gasteiger partial charge on any atom is 0.334 e. The van der Waals surface area contributed by atoms with E-state index in [0.29, 0.717) is 35.1 Å². The predicted octanol–water partition coefficient (Wildman–Crippen LogP) is 4.38. The van der Waals surface area contributed by atoms with Crippen molar-refractivity contribution in [1.82, 2.24) is 19.4 Å². The number of unbranched alkanes of at least 4 members (excludes halogenated alkanes) is 1. The molecule has 8 nitrogen and oxygen atoms in total. The second-order valence-corrected chi connectivity index (χ2v) is 8.07. The van der Waals surface area contributed by atoms with Gasteiger partial charge in [-0.2, -0.15) is 0 Å². The minimum atomic E-state index is -0.166. The Morgan fingerprint density at radius 1 is 1.15 bits per heavy atom. The summed E-state index contributed by atoms with van der Waals surface area (Å²) >= 11 is 0. The molecule has 0 saturated heterocycles. The number of anilines is 1. The Morgan fingerprint density at radius 3 is 2.47 bits per heavy atom. The summed E-state index contributed by atoms with van der Waals surface area (Å²) < 4.78 is 9.26. The van der Waals surface area contributed by atoms with Crippen molar-refractivity contribution >= 4 is 16.9 Å². The Bertz CT molecular complexity index is 1320. The molecule has 4 aromatic rings. The summed E-state index contributed by atoms with van der Waals surface area (Å²) in [5.41, 5.74) is 8.10.